The normalized spacial score (nSPS) is 22.5. The van der Waals surface area contributed by atoms with E-state index in [2.05, 4.69) is 66.8 Å². The lowest BCUT2D eigenvalue weighted by atomic mass is 9.94. The highest BCUT2D eigenvalue weighted by molar-refractivity contribution is 5.79. The van der Waals surface area contributed by atoms with Crippen LogP contribution in [-0.2, 0) is 0 Å². The SMILES string of the molecule is C1=CC2=C(c3ccccc3)C=CC[C@H](C=C1)C2. The van der Waals surface area contributed by atoms with Gasteiger partial charge in [-0.1, -0.05) is 66.8 Å². The molecule has 2 bridgehead atoms. The summed E-state index contributed by atoms with van der Waals surface area (Å²) in [4.78, 5) is 0. The second-order valence-electron chi connectivity index (χ2n) is 4.65. The van der Waals surface area contributed by atoms with E-state index < -0.39 is 0 Å². The van der Waals surface area contributed by atoms with Crippen molar-refractivity contribution in [2.24, 2.45) is 5.92 Å². The lowest BCUT2D eigenvalue weighted by molar-refractivity contribution is 0.669. The van der Waals surface area contributed by atoms with E-state index >= 15 is 0 Å². The van der Waals surface area contributed by atoms with Crippen LogP contribution in [0.1, 0.15) is 18.4 Å². The number of benzene rings is 1. The fourth-order valence-corrected chi connectivity index (χ4v) is 2.54. The van der Waals surface area contributed by atoms with Gasteiger partial charge in [0.25, 0.3) is 0 Å². The molecule has 2 aliphatic carbocycles. The predicted octanol–water partition coefficient (Wildman–Crippen LogP) is 4.53. The van der Waals surface area contributed by atoms with Gasteiger partial charge < -0.3 is 0 Å². The molecular formula is C17H16. The van der Waals surface area contributed by atoms with E-state index in [9.17, 15) is 0 Å². The van der Waals surface area contributed by atoms with Crippen LogP contribution in [0.4, 0.5) is 0 Å². The third-order valence-corrected chi connectivity index (χ3v) is 3.43. The largest absolute Gasteiger partial charge is 0.0833 e. The minimum Gasteiger partial charge on any atom is -0.0833 e. The molecule has 0 aromatic heterocycles. The van der Waals surface area contributed by atoms with Crippen LogP contribution in [-0.4, -0.2) is 0 Å². The molecule has 84 valence electrons. The number of allylic oxidation sites excluding steroid dienone is 8. The summed E-state index contributed by atoms with van der Waals surface area (Å²) >= 11 is 0. The molecule has 0 heterocycles. The molecule has 0 radical (unpaired) electrons. The summed E-state index contributed by atoms with van der Waals surface area (Å²) in [7, 11) is 0. The highest BCUT2D eigenvalue weighted by atomic mass is 14.2. The van der Waals surface area contributed by atoms with Crippen LogP contribution in [0.5, 0.6) is 0 Å². The minimum absolute atomic E-state index is 0.664. The Hall–Kier alpha value is -1.82. The van der Waals surface area contributed by atoms with Gasteiger partial charge in [0.2, 0.25) is 0 Å². The number of rotatable bonds is 1. The number of hydrogen-bond acceptors (Lipinski definition) is 0. The lowest BCUT2D eigenvalue weighted by Gasteiger charge is -2.10. The molecule has 3 rings (SSSR count). The Morgan fingerprint density at radius 1 is 0.941 bits per heavy atom. The maximum absolute atomic E-state index is 2.32. The first kappa shape index (κ1) is 10.3. The van der Waals surface area contributed by atoms with Crippen molar-refractivity contribution < 1.29 is 0 Å². The van der Waals surface area contributed by atoms with Gasteiger partial charge in [-0.2, -0.15) is 0 Å². The van der Waals surface area contributed by atoms with Crippen molar-refractivity contribution in [3.05, 3.63) is 77.9 Å². The fourth-order valence-electron chi connectivity index (χ4n) is 2.54. The number of fused-ring (bicyclic) bond motifs is 2. The molecule has 0 nitrogen and oxygen atoms in total. The van der Waals surface area contributed by atoms with Crippen molar-refractivity contribution in [3.8, 4) is 0 Å². The molecule has 0 fully saturated rings. The first-order chi connectivity index (χ1) is 8.43. The highest BCUT2D eigenvalue weighted by Gasteiger charge is 2.14. The van der Waals surface area contributed by atoms with Gasteiger partial charge in [-0.05, 0) is 35.5 Å². The van der Waals surface area contributed by atoms with Gasteiger partial charge in [0.05, 0.1) is 0 Å². The number of hydrogen-bond donors (Lipinski definition) is 0. The molecule has 0 unspecified atom stereocenters. The van der Waals surface area contributed by atoms with E-state index in [1.165, 1.54) is 16.7 Å². The fraction of sp³-hybridized carbons (Fsp3) is 0.176. The molecule has 1 aromatic rings. The molecule has 0 N–H and O–H groups in total. The quantitative estimate of drug-likeness (QED) is 0.652. The first-order valence-electron chi connectivity index (χ1n) is 6.23. The van der Waals surface area contributed by atoms with E-state index in [4.69, 9.17) is 0 Å². The molecule has 17 heavy (non-hydrogen) atoms. The lowest BCUT2D eigenvalue weighted by Crippen LogP contribution is -1.94. The monoisotopic (exact) mass is 220 g/mol. The van der Waals surface area contributed by atoms with Crippen LogP contribution in [0.25, 0.3) is 5.57 Å². The van der Waals surface area contributed by atoms with Crippen LogP contribution < -0.4 is 0 Å². The predicted molar refractivity (Wildman–Crippen MR) is 73.5 cm³/mol. The highest BCUT2D eigenvalue weighted by Crippen LogP contribution is 2.32. The summed E-state index contributed by atoms with van der Waals surface area (Å²) in [6.07, 6.45) is 15.8. The van der Waals surface area contributed by atoms with Gasteiger partial charge in [0.1, 0.15) is 0 Å². The molecule has 0 heteroatoms. The van der Waals surface area contributed by atoms with Gasteiger partial charge in [-0.25, -0.2) is 0 Å². The van der Waals surface area contributed by atoms with Crippen molar-refractivity contribution in [1.82, 2.24) is 0 Å². The van der Waals surface area contributed by atoms with Crippen LogP contribution >= 0.6 is 0 Å². The van der Waals surface area contributed by atoms with Crippen LogP contribution in [0.2, 0.25) is 0 Å². The van der Waals surface area contributed by atoms with Gasteiger partial charge in [0, 0.05) is 0 Å². The Morgan fingerprint density at radius 3 is 2.71 bits per heavy atom. The Morgan fingerprint density at radius 2 is 1.82 bits per heavy atom. The Bertz CT molecular complexity index is 512. The summed E-state index contributed by atoms with van der Waals surface area (Å²) in [5.41, 5.74) is 4.17. The second kappa shape index (κ2) is 4.58. The average Bonchev–Trinajstić information content (AvgIpc) is 2.73. The van der Waals surface area contributed by atoms with Crippen molar-refractivity contribution in [1.29, 1.82) is 0 Å². The summed E-state index contributed by atoms with van der Waals surface area (Å²) in [5.74, 6) is 0.664. The molecule has 0 aliphatic heterocycles. The van der Waals surface area contributed by atoms with E-state index in [1.807, 2.05) is 0 Å². The standard InChI is InChI=1S/C17H16/c1-2-9-15(10-3-1)17-12-6-8-14-7-4-5-11-16(17)13-14/h1-7,9-12,14H,8,13H2/t14-/m0/s1. The summed E-state index contributed by atoms with van der Waals surface area (Å²) in [6, 6.07) is 10.7. The van der Waals surface area contributed by atoms with Gasteiger partial charge >= 0.3 is 0 Å². The Balaban J connectivity index is 2.10. The van der Waals surface area contributed by atoms with Crippen molar-refractivity contribution in [3.63, 3.8) is 0 Å². The van der Waals surface area contributed by atoms with E-state index in [-0.39, 0.29) is 0 Å². The molecule has 0 saturated carbocycles. The van der Waals surface area contributed by atoms with Crippen molar-refractivity contribution >= 4 is 5.57 Å². The van der Waals surface area contributed by atoms with Crippen LogP contribution in [0.3, 0.4) is 0 Å². The molecule has 0 saturated heterocycles. The van der Waals surface area contributed by atoms with Gasteiger partial charge in [0.15, 0.2) is 0 Å². The third-order valence-electron chi connectivity index (χ3n) is 3.43. The third kappa shape index (κ3) is 2.16. The zero-order valence-electron chi connectivity index (χ0n) is 9.84. The summed E-state index contributed by atoms with van der Waals surface area (Å²) in [6.45, 7) is 0. The molecule has 0 spiro atoms. The molecular weight excluding hydrogens is 204 g/mol. The zero-order valence-corrected chi connectivity index (χ0v) is 9.84. The molecule has 1 aromatic carbocycles. The zero-order chi connectivity index (χ0) is 11.5. The van der Waals surface area contributed by atoms with Gasteiger partial charge in [-0.3, -0.25) is 0 Å². The minimum atomic E-state index is 0.664. The van der Waals surface area contributed by atoms with E-state index in [1.54, 1.807) is 0 Å². The Kier molecular flexibility index (Phi) is 2.79. The maximum Gasteiger partial charge on any atom is -0.0155 e. The summed E-state index contributed by atoms with van der Waals surface area (Å²) < 4.78 is 0. The summed E-state index contributed by atoms with van der Waals surface area (Å²) in [5, 5.41) is 0. The van der Waals surface area contributed by atoms with Gasteiger partial charge in [-0.15, -0.1) is 0 Å². The average molecular weight is 220 g/mol. The Labute approximate surface area is 103 Å². The van der Waals surface area contributed by atoms with E-state index in [0.29, 0.717) is 5.92 Å². The topological polar surface area (TPSA) is 0 Å². The molecule has 0 amide bonds. The van der Waals surface area contributed by atoms with E-state index in [0.717, 1.165) is 12.8 Å². The van der Waals surface area contributed by atoms with Crippen molar-refractivity contribution in [2.75, 3.05) is 0 Å². The molecule has 2 aliphatic rings. The van der Waals surface area contributed by atoms with Crippen molar-refractivity contribution in [2.45, 2.75) is 12.8 Å². The maximum atomic E-state index is 2.32. The smallest absolute Gasteiger partial charge is 0.0155 e. The molecule has 1 atom stereocenters. The van der Waals surface area contributed by atoms with Crippen LogP contribution in [0, 0.1) is 5.92 Å². The second-order valence-corrected chi connectivity index (χ2v) is 4.65. The van der Waals surface area contributed by atoms with Crippen LogP contribution in [0.15, 0.2) is 72.4 Å². The first-order valence-corrected chi connectivity index (χ1v) is 6.23.